The Morgan fingerprint density at radius 3 is 2.73 bits per heavy atom. The maximum absolute atomic E-state index is 12.7. The molecule has 0 radical (unpaired) electrons. The van der Waals surface area contributed by atoms with Gasteiger partial charge in [-0.05, 0) is 49.2 Å². The minimum absolute atomic E-state index is 0.0300. The highest BCUT2D eigenvalue weighted by molar-refractivity contribution is 6.30. The van der Waals surface area contributed by atoms with Crippen LogP contribution in [0, 0.1) is 6.92 Å². The van der Waals surface area contributed by atoms with Gasteiger partial charge in [-0.25, -0.2) is 0 Å². The molecule has 1 fully saturated rings. The third kappa shape index (κ3) is 4.96. The number of ether oxygens (including phenoxy) is 1. The van der Waals surface area contributed by atoms with Crippen molar-refractivity contribution < 1.29 is 9.53 Å². The largest absolute Gasteiger partial charge is 0.492 e. The number of rotatable bonds is 5. The molecule has 1 aromatic heterocycles. The lowest BCUT2D eigenvalue weighted by molar-refractivity contribution is 0.0754. The zero-order valence-electron chi connectivity index (χ0n) is 15.0. The average Bonchev–Trinajstić information content (AvgIpc) is 2.89. The van der Waals surface area contributed by atoms with Gasteiger partial charge >= 0.3 is 0 Å². The Kier molecular flexibility index (Phi) is 6.47. The van der Waals surface area contributed by atoms with Gasteiger partial charge in [0.2, 0.25) is 0 Å². The molecule has 1 amide bonds. The van der Waals surface area contributed by atoms with Crippen molar-refractivity contribution in [2.45, 2.75) is 13.3 Å². The van der Waals surface area contributed by atoms with Gasteiger partial charge in [0, 0.05) is 43.9 Å². The molecule has 0 N–H and O–H groups in total. The number of carbonyl (C=O) groups is 1. The third-order valence-corrected chi connectivity index (χ3v) is 4.83. The number of aryl methyl sites for hydroxylation is 1. The van der Waals surface area contributed by atoms with Gasteiger partial charge in [-0.15, -0.1) is 0 Å². The molecular weight excluding hydrogens is 350 g/mol. The van der Waals surface area contributed by atoms with Crippen LogP contribution in [-0.4, -0.2) is 60.0 Å². The number of benzene rings is 1. The van der Waals surface area contributed by atoms with E-state index in [9.17, 15) is 4.79 Å². The van der Waals surface area contributed by atoms with E-state index in [4.69, 9.17) is 16.3 Å². The summed E-state index contributed by atoms with van der Waals surface area (Å²) in [5, 5.41) is 0.706. The zero-order chi connectivity index (χ0) is 18.4. The van der Waals surface area contributed by atoms with E-state index in [1.807, 2.05) is 48.2 Å². The molecular formula is C20H24ClN3O2. The lowest BCUT2D eigenvalue weighted by Gasteiger charge is -2.22. The van der Waals surface area contributed by atoms with Gasteiger partial charge < -0.3 is 9.64 Å². The van der Waals surface area contributed by atoms with Crippen molar-refractivity contribution in [2.75, 3.05) is 39.3 Å². The van der Waals surface area contributed by atoms with Crippen molar-refractivity contribution in [3.63, 3.8) is 0 Å². The van der Waals surface area contributed by atoms with Crippen molar-refractivity contribution in [2.24, 2.45) is 0 Å². The molecule has 0 spiro atoms. The van der Waals surface area contributed by atoms with Crippen LogP contribution in [0.25, 0.3) is 0 Å². The minimum Gasteiger partial charge on any atom is -0.492 e. The fourth-order valence-electron chi connectivity index (χ4n) is 3.08. The van der Waals surface area contributed by atoms with Gasteiger partial charge in [-0.2, -0.15) is 0 Å². The van der Waals surface area contributed by atoms with E-state index in [-0.39, 0.29) is 5.91 Å². The molecule has 6 heteroatoms. The Morgan fingerprint density at radius 2 is 1.96 bits per heavy atom. The number of halogens is 1. The number of amides is 1. The van der Waals surface area contributed by atoms with E-state index in [2.05, 4.69) is 9.88 Å². The van der Waals surface area contributed by atoms with Gasteiger partial charge in [0.05, 0.1) is 0 Å². The first-order valence-electron chi connectivity index (χ1n) is 8.95. The van der Waals surface area contributed by atoms with Crippen LogP contribution in [0.15, 0.2) is 42.6 Å². The Balaban J connectivity index is 1.48. The van der Waals surface area contributed by atoms with Crippen LogP contribution in [0.5, 0.6) is 5.75 Å². The summed E-state index contributed by atoms with van der Waals surface area (Å²) in [5.41, 5.74) is 1.49. The summed E-state index contributed by atoms with van der Waals surface area (Å²) in [6.07, 6.45) is 2.64. The van der Waals surface area contributed by atoms with Crippen molar-refractivity contribution in [3.8, 4) is 5.75 Å². The Bertz CT molecular complexity index is 736. The van der Waals surface area contributed by atoms with E-state index in [0.717, 1.165) is 50.5 Å². The highest BCUT2D eigenvalue weighted by Gasteiger charge is 2.22. The second kappa shape index (κ2) is 9.01. The molecule has 2 heterocycles. The van der Waals surface area contributed by atoms with E-state index in [1.54, 1.807) is 6.20 Å². The predicted octanol–water partition coefficient (Wildman–Crippen LogP) is 3.27. The zero-order valence-corrected chi connectivity index (χ0v) is 15.8. The number of hydrogen-bond donors (Lipinski definition) is 0. The van der Waals surface area contributed by atoms with Crippen molar-refractivity contribution in [3.05, 3.63) is 58.9 Å². The lowest BCUT2D eigenvalue weighted by atomic mass is 10.2. The van der Waals surface area contributed by atoms with Crippen molar-refractivity contribution >= 4 is 17.5 Å². The van der Waals surface area contributed by atoms with Crippen molar-refractivity contribution in [1.82, 2.24) is 14.8 Å². The maximum atomic E-state index is 12.7. The third-order valence-electron chi connectivity index (χ3n) is 4.58. The molecule has 0 bridgehead atoms. The van der Waals surface area contributed by atoms with E-state index >= 15 is 0 Å². The summed E-state index contributed by atoms with van der Waals surface area (Å²) in [4.78, 5) is 21.2. The molecule has 2 aromatic rings. The van der Waals surface area contributed by atoms with Crippen LogP contribution >= 0.6 is 11.6 Å². The molecule has 1 aliphatic rings. The summed E-state index contributed by atoms with van der Waals surface area (Å²) in [5.74, 6) is 0.856. The van der Waals surface area contributed by atoms with Crippen LogP contribution < -0.4 is 4.74 Å². The SMILES string of the molecule is Cc1cccnc1C(=O)N1CCCN(CCOc2ccc(Cl)cc2)CC1. The number of aromatic nitrogens is 1. The molecule has 1 aromatic carbocycles. The molecule has 1 saturated heterocycles. The molecule has 0 saturated carbocycles. The number of carbonyl (C=O) groups excluding carboxylic acids is 1. The van der Waals surface area contributed by atoms with Gasteiger partial charge in [-0.3, -0.25) is 14.7 Å². The van der Waals surface area contributed by atoms with Crippen LogP contribution in [0.1, 0.15) is 22.5 Å². The molecule has 138 valence electrons. The lowest BCUT2D eigenvalue weighted by Crippen LogP contribution is -2.36. The Morgan fingerprint density at radius 1 is 1.15 bits per heavy atom. The minimum atomic E-state index is 0.0300. The topological polar surface area (TPSA) is 45.7 Å². The highest BCUT2D eigenvalue weighted by Crippen LogP contribution is 2.16. The first-order valence-corrected chi connectivity index (χ1v) is 9.33. The molecule has 26 heavy (non-hydrogen) atoms. The van der Waals surface area contributed by atoms with E-state index in [1.165, 1.54) is 0 Å². The van der Waals surface area contributed by atoms with Gasteiger partial charge in [0.25, 0.3) is 5.91 Å². The number of pyridine rings is 1. The summed E-state index contributed by atoms with van der Waals surface area (Å²) in [6.45, 7) is 6.69. The van der Waals surface area contributed by atoms with E-state index in [0.29, 0.717) is 17.3 Å². The van der Waals surface area contributed by atoms with Crippen LogP contribution in [0.3, 0.4) is 0 Å². The monoisotopic (exact) mass is 373 g/mol. The smallest absolute Gasteiger partial charge is 0.272 e. The molecule has 3 rings (SSSR count). The summed E-state index contributed by atoms with van der Waals surface area (Å²) in [7, 11) is 0. The van der Waals surface area contributed by atoms with Gasteiger partial charge in [0.1, 0.15) is 18.1 Å². The summed E-state index contributed by atoms with van der Waals surface area (Å²) >= 11 is 5.88. The number of hydrogen-bond acceptors (Lipinski definition) is 4. The Labute approximate surface area is 159 Å². The second-order valence-corrected chi connectivity index (χ2v) is 6.90. The molecule has 0 unspecified atom stereocenters. The molecule has 5 nitrogen and oxygen atoms in total. The normalized spacial score (nSPS) is 15.5. The van der Waals surface area contributed by atoms with Crippen LogP contribution in [-0.2, 0) is 0 Å². The van der Waals surface area contributed by atoms with Crippen molar-refractivity contribution in [1.29, 1.82) is 0 Å². The summed E-state index contributed by atoms with van der Waals surface area (Å²) in [6, 6.07) is 11.2. The number of nitrogens with zero attached hydrogens (tertiary/aromatic N) is 3. The fourth-order valence-corrected chi connectivity index (χ4v) is 3.21. The second-order valence-electron chi connectivity index (χ2n) is 6.46. The maximum Gasteiger partial charge on any atom is 0.272 e. The quantitative estimate of drug-likeness (QED) is 0.807. The van der Waals surface area contributed by atoms with E-state index < -0.39 is 0 Å². The Hall–Kier alpha value is -2.11. The first-order chi connectivity index (χ1) is 12.6. The van der Waals surface area contributed by atoms with Crippen LogP contribution in [0.4, 0.5) is 0 Å². The highest BCUT2D eigenvalue weighted by atomic mass is 35.5. The van der Waals surface area contributed by atoms with Crippen LogP contribution in [0.2, 0.25) is 5.02 Å². The summed E-state index contributed by atoms with van der Waals surface area (Å²) < 4.78 is 5.77. The molecule has 0 atom stereocenters. The first kappa shape index (κ1) is 18.7. The molecule has 1 aliphatic heterocycles. The standard InChI is InChI=1S/C20H24ClN3O2/c1-16-4-2-9-22-19(16)20(25)24-11-3-10-23(12-13-24)14-15-26-18-7-5-17(21)6-8-18/h2,4-9H,3,10-15H2,1H3. The molecule has 0 aliphatic carbocycles. The van der Waals surface area contributed by atoms with Gasteiger partial charge in [0.15, 0.2) is 0 Å². The fraction of sp³-hybridized carbons (Fsp3) is 0.400. The van der Waals surface area contributed by atoms with Gasteiger partial charge in [-0.1, -0.05) is 17.7 Å². The predicted molar refractivity (Wildman–Crippen MR) is 103 cm³/mol. The average molecular weight is 374 g/mol.